The number of rotatable bonds is 2. The number of nitrogens with one attached hydrogen (secondary N) is 1. The molecule has 2 heteroatoms. The van der Waals surface area contributed by atoms with Crippen LogP contribution in [0.25, 0.3) is 5.57 Å². The van der Waals surface area contributed by atoms with Crippen LogP contribution in [0.1, 0.15) is 30.4 Å². The van der Waals surface area contributed by atoms with Crippen molar-refractivity contribution in [1.29, 1.82) is 0 Å². The molecule has 0 aromatic heterocycles. The number of allylic oxidation sites excluding steroid dienone is 1. The van der Waals surface area contributed by atoms with Gasteiger partial charge in [-0.2, -0.15) is 0 Å². The second kappa shape index (κ2) is 5.91. The van der Waals surface area contributed by atoms with Crippen molar-refractivity contribution in [1.82, 2.24) is 5.32 Å². The Morgan fingerprint density at radius 1 is 0.850 bits per heavy atom. The van der Waals surface area contributed by atoms with E-state index in [4.69, 9.17) is 0 Å². The molecule has 1 N–H and O–H groups in total. The fourth-order valence-corrected chi connectivity index (χ4v) is 2.70. The minimum Gasteiger partial charge on any atom is -0.388 e. The lowest BCUT2D eigenvalue weighted by Gasteiger charge is -2.22. The Morgan fingerprint density at radius 3 is 2.20 bits per heavy atom. The first-order chi connectivity index (χ1) is 9.84. The van der Waals surface area contributed by atoms with Gasteiger partial charge in [-0.15, -0.1) is 0 Å². The smallest absolute Gasteiger partial charge is 0.123 e. The number of hydrogen-bond donors (Lipinski definition) is 1. The Kier molecular flexibility index (Phi) is 3.82. The molecule has 102 valence electrons. The fourth-order valence-electron chi connectivity index (χ4n) is 2.70. The molecule has 0 saturated carbocycles. The van der Waals surface area contributed by atoms with Crippen molar-refractivity contribution in [3.05, 3.63) is 77.2 Å². The Hall–Kier alpha value is -2.09. The van der Waals surface area contributed by atoms with Crippen LogP contribution in [0, 0.1) is 5.82 Å². The topological polar surface area (TPSA) is 12.0 Å². The molecule has 3 rings (SSSR count). The Balaban J connectivity index is 2.10. The molecule has 0 radical (unpaired) electrons. The molecule has 0 spiro atoms. The van der Waals surface area contributed by atoms with Gasteiger partial charge in [0.25, 0.3) is 0 Å². The summed E-state index contributed by atoms with van der Waals surface area (Å²) in [6.07, 6.45) is 3.48. The summed E-state index contributed by atoms with van der Waals surface area (Å²) in [5, 5.41) is 3.52. The quantitative estimate of drug-likeness (QED) is 0.852. The molecular weight excluding hydrogens is 249 g/mol. The van der Waals surface area contributed by atoms with Gasteiger partial charge in [0.15, 0.2) is 0 Å². The molecule has 0 amide bonds. The third-order valence-corrected chi connectivity index (χ3v) is 3.69. The number of hydrogen-bond acceptors (Lipinski definition) is 1. The van der Waals surface area contributed by atoms with Crippen LogP contribution in [0.15, 0.2) is 60.3 Å². The van der Waals surface area contributed by atoms with Crippen LogP contribution < -0.4 is 5.32 Å². The summed E-state index contributed by atoms with van der Waals surface area (Å²) in [6, 6.07) is 17.1. The molecule has 2 aromatic rings. The van der Waals surface area contributed by atoms with Gasteiger partial charge in [-0.3, -0.25) is 0 Å². The minimum atomic E-state index is -0.192. The zero-order valence-corrected chi connectivity index (χ0v) is 11.4. The molecule has 1 saturated heterocycles. The van der Waals surface area contributed by atoms with Crippen molar-refractivity contribution in [3.8, 4) is 0 Å². The summed E-state index contributed by atoms with van der Waals surface area (Å²) in [7, 11) is 0. The van der Waals surface area contributed by atoms with Crippen LogP contribution in [0.3, 0.4) is 0 Å². The summed E-state index contributed by atoms with van der Waals surface area (Å²) < 4.78 is 13.2. The molecule has 0 unspecified atom stereocenters. The van der Waals surface area contributed by atoms with Gasteiger partial charge >= 0.3 is 0 Å². The normalized spacial score (nSPS) is 17.4. The highest BCUT2D eigenvalue weighted by atomic mass is 19.1. The van der Waals surface area contributed by atoms with Gasteiger partial charge in [0.1, 0.15) is 5.82 Å². The van der Waals surface area contributed by atoms with Crippen molar-refractivity contribution in [3.63, 3.8) is 0 Å². The molecule has 1 fully saturated rings. The van der Waals surface area contributed by atoms with E-state index < -0.39 is 0 Å². The maximum atomic E-state index is 13.2. The molecule has 0 atom stereocenters. The van der Waals surface area contributed by atoms with Crippen LogP contribution in [-0.2, 0) is 0 Å². The van der Waals surface area contributed by atoms with Crippen LogP contribution in [0.2, 0.25) is 0 Å². The van der Waals surface area contributed by atoms with Gasteiger partial charge in [-0.05, 0) is 42.5 Å². The highest BCUT2D eigenvalue weighted by Crippen LogP contribution is 2.29. The second-order valence-electron chi connectivity index (χ2n) is 5.11. The van der Waals surface area contributed by atoms with Crippen molar-refractivity contribution >= 4 is 5.57 Å². The minimum absolute atomic E-state index is 0.192. The predicted octanol–water partition coefficient (Wildman–Crippen LogP) is 4.36. The molecule has 1 aliphatic heterocycles. The van der Waals surface area contributed by atoms with Gasteiger partial charge in [0.2, 0.25) is 0 Å². The monoisotopic (exact) mass is 267 g/mol. The highest BCUT2D eigenvalue weighted by molar-refractivity contribution is 5.81. The van der Waals surface area contributed by atoms with Crippen molar-refractivity contribution in [2.24, 2.45) is 0 Å². The first kappa shape index (κ1) is 12.9. The van der Waals surface area contributed by atoms with Crippen molar-refractivity contribution < 1.29 is 4.39 Å². The Labute approximate surface area is 119 Å². The van der Waals surface area contributed by atoms with E-state index in [0.717, 1.165) is 18.5 Å². The lowest BCUT2D eigenvalue weighted by Crippen LogP contribution is -2.21. The number of halogens is 1. The second-order valence-corrected chi connectivity index (χ2v) is 5.11. The van der Waals surface area contributed by atoms with Crippen molar-refractivity contribution in [2.75, 3.05) is 6.54 Å². The molecule has 20 heavy (non-hydrogen) atoms. The van der Waals surface area contributed by atoms with E-state index in [1.54, 1.807) is 0 Å². The van der Waals surface area contributed by atoms with E-state index in [1.807, 2.05) is 30.3 Å². The van der Waals surface area contributed by atoms with Gasteiger partial charge < -0.3 is 5.32 Å². The zero-order chi connectivity index (χ0) is 13.8. The molecule has 1 aliphatic rings. The van der Waals surface area contributed by atoms with Gasteiger partial charge in [-0.25, -0.2) is 4.39 Å². The summed E-state index contributed by atoms with van der Waals surface area (Å²) in [4.78, 5) is 0. The average molecular weight is 267 g/mol. The molecule has 2 aromatic carbocycles. The Bertz CT molecular complexity index is 591. The SMILES string of the molecule is Fc1ccc(/C(=C2/CCCCN2)c2ccccc2)cc1. The maximum Gasteiger partial charge on any atom is 0.123 e. The van der Waals surface area contributed by atoms with Crippen LogP contribution in [-0.4, -0.2) is 6.54 Å². The van der Waals surface area contributed by atoms with E-state index in [-0.39, 0.29) is 5.82 Å². The van der Waals surface area contributed by atoms with E-state index in [9.17, 15) is 4.39 Å². The van der Waals surface area contributed by atoms with Gasteiger partial charge in [0.05, 0.1) is 0 Å². The first-order valence-electron chi connectivity index (χ1n) is 7.13. The van der Waals surface area contributed by atoms with Crippen LogP contribution in [0.4, 0.5) is 4.39 Å². The first-order valence-corrected chi connectivity index (χ1v) is 7.13. The lowest BCUT2D eigenvalue weighted by atomic mass is 9.92. The average Bonchev–Trinajstić information content (AvgIpc) is 2.52. The number of benzene rings is 2. The van der Waals surface area contributed by atoms with E-state index in [2.05, 4.69) is 17.4 Å². The van der Waals surface area contributed by atoms with E-state index in [1.165, 1.54) is 41.8 Å². The van der Waals surface area contributed by atoms with Gasteiger partial charge in [0, 0.05) is 17.8 Å². The molecule has 1 nitrogen and oxygen atoms in total. The largest absolute Gasteiger partial charge is 0.388 e. The Morgan fingerprint density at radius 2 is 1.55 bits per heavy atom. The highest BCUT2D eigenvalue weighted by Gasteiger charge is 2.14. The maximum absolute atomic E-state index is 13.2. The third kappa shape index (κ3) is 2.74. The molecular formula is C18H18FN. The van der Waals surface area contributed by atoms with Gasteiger partial charge in [-0.1, -0.05) is 42.5 Å². The van der Waals surface area contributed by atoms with E-state index >= 15 is 0 Å². The predicted molar refractivity (Wildman–Crippen MR) is 80.7 cm³/mol. The third-order valence-electron chi connectivity index (χ3n) is 3.69. The number of piperidine rings is 1. The van der Waals surface area contributed by atoms with Crippen LogP contribution in [0.5, 0.6) is 0 Å². The fraction of sp³-hybridized carbons (Fsp3) is 0.222. The summed E-state index contributed by atoms with van der Waals surface area (Å²) >= 11 is 0. The molecule has 0 bridgehead atoms. The zero-order valence-electron chi connectivity index (χ0n) is 11.4. The van der Waals surface area contributed by atoms with Crippen molar-refractivity contribution in [2.45, 2.75) is 19.3 Å². The lowest BCUT2D eigenvalue weighted by molar-refractivity contribution is 0.590. The summed E-state index contributed by atoms with van der Waals surface area (Å²) in [6.45, 7) is 1.02. The van der Waals surface area contributed by atoms with Crippen LogP contribution >= 0.6 is 0 Å². The summed E-state index contributed by atoms with van der Waals surface area (Å²) in [5.41, 5.74) is 4.73. The molecule has 1 heterocycles. The summed E-state index contributed by atoms with van der Waals surface area (Å²) in [5.74, 6) is -0.192. The standard InChI is InChI=1S/C18H18FN/c19-16-11-9-15(10-12-16)18(14-6-2-1-3-7-14)17-8-4-5-13-20-17/h1-3,6-7,9-12,20H,4-5,8,13H2/b18-17-. The molecule has 0 aliphatic carbocycles. The van der Waals surface area contributed by atoms with E-state index in [0.29, 0.717) is 0 Å².